The molecule has 0 aliphatic rings. The summed E-state index contributed by atoms with van der Waals surface area (Å²) in [6.45, 7) is 3.87. The highest BCUT2D eigenvalue weighted by atomic mass is 35.5. The average Bonchev–Trinajstić information content (AvgIpc) is 2.73. The summed E-state index contributed by atoms with van der Waals surface area (Å²) in [5.41, 5.74) is 3.63. The number of rotatable bonds is 8. The van der Waals surface area contributed by atoms with Gasteiger partial charge in [0, 0.05) is 18.1 Å². The molecule has 0 aromatic heterocycles. The van der Waals surface area contributed by atoms with Crippen LogP contribution >= 0.6 is 11.6 Å². The quantitative estimate of drug-likeness (QED) is 0.544. The van der Waals surface area contributed by atoms with Gasteiger partial charge in [0.25, 0.3) is 0 Å². The second-order valence-corrected chi connectivity index (χ2v) is 9.79. The maximum atomic E-state index is 13.3. The van der Waals surface area contributed by atoms with Gasteiger partial charge in [0.2, 0.25) is 15.9 Å². The molecule has 1 N–H and O–H groups in total. The second kappa shape index (κ2) is 10.1. The highest BCUT2D eigenvalue weighted by Crippen LogP contribution is 2.22. The van der Waals surface area contributed by atoms with Crippen molar-refractivity contribution in [2.24, 2.45) is 0 Å². The standard InChI is InChI=1S/C24H25ClN2O3S/c1-18-10-12-22(13-11-18)31(29,30)27(16-21-8-3-4-9-23(21)25)17-24(28)26-15-20-7-5-6-19(2)14-20/h3-14H,15-17H2,1-2H3,(H,26,28). The second-order valence-electron chi connectivity index (χ2n) is 7.44. The molecule has 0 fully saturated rings. The lowest BCUT2D eigenvalue weighted by Gasteiger charge is -2.22. The van der Waals surface area contributed by atoms with Crippen LogP contribution < -0.4 is 5.32 Å². The Bertz CT molecular complexity index is 1160. The zero-order valence-corrected chi connectivity index (χ0v) is 19.1. The fourth-order valence-electron chi connectivity index (χ4n) is 3.14. The number of amides is 1. The van der Waals surface area contributed by atoms with E-state index in [1.54, 1.807) is 48.5 Å². The average molecular weight is 457 g/mol. The molecule has 0 aliphatic heterocycles. The summed E-state index contributed by atoms with van der Waals surface area (Å²) < 4.78 is 27.8. The van der Waals surface area contributed by atoms with Crippen molar-refractivity contribution in [2.75, 3.05) is 6.54 Å². The predicted molar refractivity (Wildman–Crippen MR) is 123 cm³/mol. The molecule has 0 unspecified atom stereocenters. The summed E-state index contributed by atoms with van der Waals surface area (Å²) in [4.78, 5) is 12.8. The van der Waals surface area contributed by atoms with Gasteiger partial charge >= 0.3 is 0 Å². The summed E-state index contributed by atoms with van der Waals surface area (Å²) in [6.07, 6.45) is 0. The molecule has 1 amide bonds. The Labute approximate surface area is 188 Å². The normalized spacial score (nSPS) is 11.5. The third kappa shape index (κ3) is 6.17. The third-order valence-corrected chi connectivity index (χ3v) is 7.03. The monoisotopic (exact) mass is 456 g/mol. The molecule has 0 atom stereocenters. The summed E-state index contributed by atoms with van der Waals surface area (Å²) in [7, 11) is -3.90. The summed E-state index contributed by atoms with van der Waals surface area (Å²) in [5.74, 6) is -0.385. The van der Waals surface area contributed by atoms with Crippen molar-refractivity contribution in [2.45, 2.75) is 31.8 Å². The lowest BCUT2D eigenvalue weighted by atomic mass is 10.1. The topological polar surface area (TPSA) is 66.5 Å². The number of benzene rings is 3. The van der Waals surface area contributed by atoms with Gasteiger partial charge in [-0.15, -0.1) is 0 Å². The molecular formula is C24H25ClN2O3S. The van der Waals surface area contributed by atoms with Gasteiger partial charge in [0.15, 0.2) is 0 Å². The van der Waals surface area contributed by atoms with Crippen LogP contribution in [0.4, 0.5) is 0 Å². The number of carbonyl (C=O) groups is 1. The Morgan fingerprint density at radius 1 is 0.935 bits per heavy atom. The lowest BCUT2D eigenvalue weighted by molar-refractivity contribution is -0.121. The van der Waals surface area contributed by atoms with Crippen molar-refractivity contribution in [1.82, 2.24) is 9.62 Å². The molecule has 3 aromatic carbocycles. The number of aryl methyl sites for hydroxylation is 2. The van der Waals surface area contributed by atoms with Crippen LogP contribution in [0.1, 0.15) is 22.3 Å². The first-order valence-electron chi connectivity index (χ1n) is 9.88. The molecule has 0 radical (unpaired) electrons. The van der Waals surface area contributed by atoms with E-state index >= 15 is 0 Å². The maximum Gasteiger partial charge on any atom is 0.243 e. The van der Waals surface area contributed by atoms with Gasteiger partial charge in [-0.25, -0.2) is 8.42 Å². The van der Waals surface area contributed by atoms with Gasteiger partial charge in [-0.3, -0.25) is 4.79 Å². The van der Waals surface area contributed by atoms with E-state index in [9.17, 15) is 13.2 Å². The molecule has 0 bridgehead atoms. The van der Waals surface area contributed by atoms with Crippen molar-refractivity contribution >= 4 is 27.5 Å². The summed E-state index contributed by atoms with van der Waals surface area (Å²) in [6, 6.07) is 21.4. The Morgan fingerprint density at radius 3 is 2.32 bits per heavy atom. The number of nitrogens with one attached hydrogen (secondary N) is 1. The number of hydrogen-bond acceptors (Lipinski definition) is 3. The van der Waals surface area contributed by atoms with Crippen LogP contribution in [0.2, 0.25) is 5.02 Å². The molecule has 3 aromatic rings. The Morgan fingerprint density at radius 2 is 1.65 bits per heavy atom. The van der Waals surface area contributed by atoms with Gasteiger partial charge in [0.1, 0.15) is 0 Å². The van der Waals surface area contributed by atoms with Crippen LogP contribution in [0.5, 0.6) is 0 Å². The highest BCUT2D eigenvalue weighted by molar-refractivity contribution is 7.89. The van der Waals surface area contributed by atoms with Crippen molar-refractivity contribution in [3.8, 4) is 0 Å². The number of sulfonamides is 1. The molecule has 7 heteroatoms. The van der Waals surface area contributed by atoms with Gasteiger partial charge in [-0.1, -0.05) is 77.3 Å². The van der Waals surface area contributed by atoms with E-state index in [-0.39, 0.29) is 23.9 Å². The van der Waals surface area contributed by atoms with E-state index in [0.717, 1.165) is 21.0 Å². The minimum atomic E-state index is -3.90. The van der Waals surface area contributed by atoms with Crippen LogP contribution in [0, 0.1) is 13.8 Å². The van der Waals surface area contributed by atoms with Crippen molar-refractivity contribution in [3.05, 3.63) is 100 Å². The summed E-state index contributed by atoms with van der Waals surface area (Å²) in [5, 5.41) is 3.26. The Balaban J connectivity index is 1.82. The lowest BCUT2D eigenvalue weighted by Crippen LogP contribution is -2.40. The van der Waals surface area contributed by atoms with Gasteiger partial charge in [0.05, 0.1) is 11.4 Å². The van der Waals surface area contributed by atoms with E-state index in [1.807, 2.05) is 38.1 Å². The van der Waals surface area contributed by atoms with Gasteiger partial charge < -0.3 is 5.32 Å². The van der Waals surface area contributed by atoms with Crippen LogP contribution in [0.25, 0.3) is 0 Å². The zero-order chi connectivity index (χ0) is 22.4. The minimum Gasteiger partial charge on any atom is -0.351 e. The summed E-state index contributed by atoms with van der Waals surface area (Å²) >= 11 is 6.26. The molecule has 3 rings (SSSR count). The first-order chi connectivity index (χ1) is 14.8. The van der Waals surface area contributed by atoms with Gasteiger partial charge in [-0.05, 0) is 43.2 Å². The molecule has 162 valence electrons. The van der Waals surface area contributed by atoms with Crippen molar-refractivity contribution in [3.63, 3.8) is 0 Å². The van der Waals surface area contributed by atoms with E-state index in [4.69, 9.17) is 11.6 Å². The number of carbonyl (C=O) groups excluding carboxylic acids is 1. The maximum absolute atomic E-state index is 13.3. The Kier molecular flexibility index (Phi) is 7.49. The third-order valence-electron chi connectivity index (χ3n) is 4.86. The van der Waals surface area contributed by atoms with E-state index < -0.39 is 10.0 Å². The molecule has 0 aliphatic carbocycles. The first kappa shape index (κ1) is 23.0. The first-order valence-corrected chi connectivity index (χ1v) is 11.7. The molecule has 0 heterocycles. The molecule has 0 spiro atoms. The number of nitrogens with zero attached hydrogens (tertiary/aromatic N) is 1. The number of hydrogen-bond donors (Lipinski definition) is 1. The van der Waals surface area contributed by atoms with E-state index in [1.165, 1.54) is 0 Å². The van der Waals surface area contributed by atoms with Crippen molar-refractivity contribution in [1.29, 1.82) is 0 Å². The van der Waals surface area contributed by atoms with Crippen LogP contribution in [0.3, 0.4) is 0 Å². The fraction of sp³-hybridized carbons (Fsp3) is 0.208. The number of halogens is 1. The fourth-order valence-corrected chi connectivity index (χ4v) is 4.71. The van der Waals surface area contributed by atoms with Crippen LogP contribution in [-0.4, -0.2) is 25.2 Å². The van der Waals surface area contributed by atoms with Crippen LogP contribution in [0.15, 0.2) is 77.7 Å². The highest BCUT2D eigenvalue weighted by Gasteiger charge is 2.27. The SMILES string of the molecule is Cc1ccc(S(=O)(=O)N(CC(=O)NCc2cccc(C)c2)Cc2ccccc2Cl)cc1. The zero-order valence-electron chi connectivity index (χ0n) is 17.5. The minimum absolute atomic E-state index is 0.00620. The molecule has 0 saturated carbocycles. The van der Waals surface area contributed by atoms with Crippen molar-refractivity contribution < 1.29 is 13.2 Å². The van der Waals surface area contributed by atoms with E-state index in [0.29, 0.717) is 17.1 Å². The molecule has 31 heavy (non-hydrogen) atoms. The van der Waals surface area contributed by atoms with Gasteiger partial charge in [-0.2, -0.15) is 4.31 Å². The largest absolute Gasteiger partial charge is 0.351 e. The molecule has 5 nitrogen and oxygen atoms in total. The Hall–Kier alpha value is -2.67. The smallest absolute Gasteiger partial charge is 0.243 e. The predicted octanol–water partition coefficient (Wildman–Crippen LogP) is 4.46. The molecule has 0 saturated heterocycles. The molecular weight excluding hydrogens is 432 g/mol. The van der Waals surface area contributed by atoms with E-state index in [2.05, 4.69) is 5.32 Å². The van der Waals surface area contributed by atoms with Crippen LogP contribution in [-0.2, 0) is 27.9 Å².